The van der Waals surface area contributed by atoms with Gasteiger partial charge in [-0.3, -0.25) is 9.80 Å². The van der Waals surface area contributed by atoms with Crippen LogP contribution in [0, 0.1) is 12.8 Å². The van der Waals surface area contributed by atoms with Crippen molar-refractivity contribution in [3.05, 3.63) is 29.3 Å². The lowest BCUT2D eigenvalue weighted by Crippen LogP contribution is -2.59. The average Bonchev–Trinajstić information content (AvgIpc) is 3.32. The van der Waals surface area contributed by atoms with Gasteiger partial charge in [0.25, 0.3) is 0 Å². The minimum Gasteiger partial charge on any atom is -0.497 e. The fourth-order valence-corrected chi connectivity index (χ4v) is 6.39. The molecule has 0 spiro atoms. The molecule has 4 rings (SSSR count). The van der Waals surface area contributed by atoms with E-state index < -0.39 is 9.84 Å². The summed E-state index contributed by atoms with van der Waals surface area (Å²) in [5, 5.41) is 0. The molecular weight excluding hydrogens is 336 g/mol. The predicted molar refractivity (Wildman–Crippen MR) is 98.7 cm³/mol. The zero-order valence-electron chi connectivity index (χ0n) is 15.1. The molecule has 3 fully saturated rings. The maximum absolute atomic E-state index is 12.3. The van der Waals surface area contributed by atoms with Gasteiger partial charge in [-0.25, -0.2) is 8.42 Å². The van der Waals surface area contributed by atoms with Gasteiger partial charge in [0, 0.05) is 38.3 Å². The first-order valence-electron chi connectivity index (χ1n) is 9.27. The largest absolute Gasteiger partial charge is 0.497 e. The van der Waals surface area contributed by atoms with Crippen LogP contribution in [0.5, 0.6) is 5.75 Å². The Kier molecular flexibility index (Phi) is 4.54. The molecular formula is C19H28N2O3S. The number of rotatable bonds is 5. The molecule has 1 aliphatic carbocycles. The molecule has 2 saturated heterocycles. The summed E-state index contributed by atoms with van der Waals surface area (Å²) >= 11 is 0. The number of sulfone groups is 1. The van der Waals surface area contributed by atoms with Crippen molar-refractivity contribution in [3.63, 3.8) is 0 Å². The molecule has 2 aliphatic heterocycles. The highest BCUT2D eigenvalue weighted by molar-refractivity contribution is 7.91. The number of piperazine rings is 1. The summed E-state index contributed by atoms with van der Waals surface area (Å²) < 4.78 is 29.9. The number of benzene rings is 1. The van der Waals surface area contributed by atoms with Crippen molar-refractivity contribution in [2.75, 3.05) is 38.2 Å². The van der Waals surface area contributed by atoms with Crippen LogP contribution >= 0.6 is 0 Å². The van der Waals surface area contributed by atoms with Crippen LogP contribution in [0.2, 0.25) is 0 Å². The van der Waals surface area contributed by atoms with Crippen LogP contribution in [0.3, 0.4) is 0 Å². The summed E-state index contributed by atoms with van der Waals surface area (Å²) in [4.78, 5) is 4.86. The third-order valence-electron chi connectivity index (χ3n) is 6.02. The molecule has 5 nitrogen and oxygen atoms in total. The first kappa shape index (κ1) is 17.3. The highest BCUT2D eigenvalue weighted by Gasteiger charge is 2.47. The van der Waals surface area contributed by atoms with Crippen LogP contribution in [0.25, 0.3) is 0 Å². The van der Waals surface area contributed by atoms with Gasteiger partial charge in [-0.2, -0.15) is 0 Å². The van der Waals surface area contributed by atoms with E-state index in [1.54, 1.807) is 7.11 Å². The van der Waals surface area contributed by atoms with Crippen LogP contribution in [0.4, 0.5) is 0 Å². The molecule has 6 heteroatoms. The molecule has 2 heterocycles. The van der Waals surface area contributed by atoms with Gasteiger partial charge in [0.2, 0.25) is 0 Å². The van der Waals surface area contributed by atoms with Crippen LogP contribution in [-0.2, 0) is 16.4 Å². The van der Waals surface area contributed by atoms with Gasteiger partial charge in [0.15, 0.2) is 9.84 Å². The second kappa shape index (κ2) is 6.56. The lowest BCUT2D eigenvalue weighted by atomic mass is 10.0. The maximum Gasteiger partial charge on any atom is 0.153 e. The van der Waals surface area contributed by atoms with E-state index in [1.807, 2.05) is 6.07 Å². The Labute approximate surface area is 150 Å². The van der Waals surface area contributed by atoms with Crippen molar-refractivity contribution in [2.45, 2.75) is 38.4 Å². The monoisotopic (exact) mass is 364 g/mol. The van der Waals surface area contributed by atoms with Crippen molar-refractivity contribution >= 4 is 9.84 Å². The molecule has 25 heavy (non-hydrogen) atoms. The lowest BCUT2D eigenvalue weighted by molar-refractivity contribution is 0.0375. The van der Waals surface area contributed by atoms with E-state index in [-0.39, 0.29) is 12.1 Å². The quantitative estimate of drug-likeness (QED) is 0.796. The third kappa shape index (κ3) is 3.71. The Bertz CT molecular complexity index is 745. The Balaban J connectivity index is 1.52. The first-order chi connectivity index (χ1) is 11.9. The van der Waals surface area contributed by atoms with E-state index in [4.69, 9.17) is 4.74 Å². The fourth-order valence-electron chi connectivity index (χ4n) is 4.34. The molecule has 0 N–H and O–H groups in total. The summed E-state index contributed by atoms with van der Waals surface area (Å²) in [6.07, 6.45) is 2.63. The first-order valence-corrected chi connectivity index (χ1v) is 11.1. The van der Waals surface area contributed by atoms with Gasteiger partial charge in [-0.05, 0) is 48.9 Å². The molecule has 0 unspecified atom stereocenters. The van der Waals surface area contributed by atoms with Crippen LogP contribution in [0.15, 0.2) is 18.2 Å². The topological polar surface area (TPSA) is 49.9 Å². The Morgan fingerprint density at radius 3 is 2.44 bits per heavy atom. The second-order valence-corrected chi connectivity index (χ2v) is 10.1. The SMILES string of the molecule is COc1ccc(CN2CCN(CC3CC3)[C@@H]3CS(=O)(=O)C[C@@H]32)c(C)c1. The number of hydrogen-bond acceptors (Lipinski definition) is 5. The van der Waals surface area contributed by atoms with Crippen molar-refractivity contribution in [3.8, 4) is 5.75 Å². The Hall–Kier alpha value is -1.11. The van der Waals surface area contributed by atoms with E-state index in [9.17, 15) is 8.42 Å². The number of hydrogen-bond donors (Lipinski definition) is 0. The molecule has 138 valence electrons. The molecule has 2 atom stereocenters. The van der Waals surface area contributed by atoms with E-state index >= 15 is 0 Å². The average molecular weight is 365 g/mol. The van der Waals surface area contributed by atoms with Crippen molar-refractivity contribution in [1.29, 1.82) is 0 Å². The van der Waals surface area contributed by atoms with E-state index in [1.165, 1.54) is 24.0 Å². The van der Waals surface area contributed by atoms with Gasteiger partial charge in [0.1, 0.15) is 5.75 Å². The molecule has 0 amide bonds. The Morgan fingerprint density at radius 2 is 1.80 bits per heavy atom. The molecule has 3 aliphatic rings. The van der Waals surface area contributed by atoms with E-state index in [0.717, 1.165) is 37.8 Å². The molecule has 1 aromatic rings. The Morgan fingerprint density at radius 1 is 1.12 bits per heavy atom. The smallest absolute Gasteiger partial charge is 0.153 e. The van der Waals surface area contributed by atoms with E-state index in [2.05, 4.69) is 28.9 Å². The van der Waals surface area contributed by atoms with Gasteiger partial charge >= 0.3 is 0 Å². The summed E-state index contributed by atoms with van der Waals surface area (Å²) in [6.45, 7) is 5.96. The highest BCUT2D eigenvalue weighted by Crippen LogP contribution is 2.34. The van der Waals surface area contributed by atoms with E-state index in [0.29, 0.717) is 11.5 Å². The lowest BCUT2D eigenvalue weighted by Gasteiger charge is -2.44. The summed E-state index contributed by atoms with van der Waals surface area (Å²) in [6, 6.07) is 6.48. The van der Waals surface area contributed by atoms with Crippen molar-refractivity contribution < 1.29 is 13.2 Å². The van der Waals surface area contributed by atoms with Crippen LogP contribution < -0.4 is 4.74 Å². The van der Waals surface area contributed by atoms with Gasteiger partial charge in [-0.15, -0.1) is 0 Å². The molecule has 0 radical (unpaired) electrons. The van der Waals surface area contributed by atoms with Crippen LogP contribution in [-0.4, -0.2) is 68.6 Å². The number of ether oxygens (including phenoxy) is 1. The minimum atomic E-state index is -2.93. The van der Waals surface area contributed by atoms with Crippen molar-refractivity contribution in [1.82, 2.24) is 9.80 Å². The zero-order chi connectivity index (χ0) is 17.6. The number of nitrogens with zero attached hydrogens (tertiary/aromatic N) is 2. The van der Waals surface area contributed by atoms with Crippen molar-refractivity contribution in [2.24, 2.45) is 5.92 Å². The van der Waals surface area contributed by atoms with Gasteiger partial charge in [-0.1, -0.05) is 6.07 Å². The zero-order valence-corrected chi connectivity index (χ0v) is 16.0. The molecule has 1 saturated carbocycles. The highest BCUT2D eigenvalue weighted by atomic mass is 32.2. The van der Waals surface area contributed by atoms with Crippen LogP contribution in [0.1, 0.15) is 24.0 Å². The third-order valence-corrected chi connectivity index (χ3v) is 7.72. The summed E-state index contributed by atoms with van der Waals surface area (Å²) in [5.41, 5.74) is 2.47. The molecule has 0 bridgehead atoms. The number of methoxy groups -OCH3 is 1. The predicted octanol–water partition coefficient (Wildman–Crippen LogP) is 1.70. The summed E-state index contributed by atoms with van der Waals surface area (Å²) in [7, 11) is -1.24. The normalized spacial score (nSPS) is 29.5. The number of fused-ring (bicyclic) bond motifs is 1. The summed E-state index contributed by atoms with van der Waals surface area (Å²) in [5.74, 6) is 2.33. The second-order valence-electron chi connectivity index (χ2n) is 7.91. The number of aryl methyl sites for hydroxylation is 1. The maximum atomic E-state index is 12.3. The minimum absolute atomic E-state index is 0.138. The molecule has 0 aromatic heterocycles. The van der Waals surface area contributed by atoms with Gasteiger partial charge < -0.3 is 4.74 Å². The standard InChI is InChI=1S/C19H28N2O3S/c1-14-9-17(24-2)6-5-16(14)11-21-8-7-20(10-15-3-4-15)18-12-25(22,23)13-19(18)21/h5-6,9,15,18-19H,3-4,7-8,10-13H2,1-2H3/t18-,19+/m1/s1. The fraction of sp³-hybridized carbons (Fsp3) is 0.684. The molecule has 1 aromatic carbocycles. The van der Waals surface area contributed by atoms with Gasteiger partial charge in [0.05, 0.1) is 18.6 Å².